The summed E-state index contributed by atoms with van der Waals surface area (Å²) in [4.78, 5) is 17.1. The fraction of sp³-hybridized carbons (Fsp3) is 0.667. The number of benzene rings is 1. The highest BCUT2D eigenvalue weighted by molar-refractivity contribution is 7.89. The molecule has 0 N–H and O–H groups in total. The third kappa shape index (κ3) is 4.38. The molecule has 166 valence electrons. The summed E-state index contributed by atoms with van der Waals surface area (Å²) in [5.41, 5.74) is 0. The topological polar surface area (TPSA) is 60.9 Å². The van der Waals surface area contributed by atoms with Gasteiger partial charge in [0.25, 0.3) is 0 Å². The number of amides is 1. The fourth-order valence-electron chi connectivity index (χ4n) is 4.96. The molecule has 2 saturated heterocycles. The molecule has 2 heterocycles. The van der Waals surface area contributed by atoms with Gasteiger partial charge in [0.2, 0.25) is 15.9 Å². The van der Waals surface area contributed by atoms with E-state index in [9.17, 15) is 22.0 Å². The van der Waals surface area contributed by atoms with Crippen molar-refractivity contribution >= 4 is 15.9 Å². The number of halogens is 2. The normalized spacial score (nSPS) is 23.2. The molecule has 30 heavy (non-hydrogen) atoms. The first-order valence-electron chi connectivity index (χ1n) is 10.8. The zero-order valence-electron chi connectivity index (χ0n) is 17.1. The maximum atomic E-state index is 13.5. The van der Waals surface area contributed by atoms with Crippen molar-refractivity contribution in [1.29, 1.82) is 0 Å². The summed E-state index contributed by atoms with van der Waals surface area (Å²) in [5.74, 6) is -2.32. The van der Waals surface area contributed by atoms with Crippen LogP contribution >= 0.6 is 0 Å². The van der Waals surface area contributed by atoms with E-state index < -0.39 is 21.7 Å². The Morgan fingerprint density at radius 3 is 2.10 bits per heavy atom. The van der Waals surface area contributed by atoms with E-state index in [1.807, 2.05) is 4.90 Å². The Hall–Kier alpha value is -1.58. The maximum absolute atomic E-state index is 13.5. The molecule has 0 bridgehead atoms. The van der Waals surface area contributed by atoms with Crippen molar-refractivity contribution in [1.82, 2.24) is 14.1 Å². The third-order valence-corrected chi connectivity index (χ3v) is 8.69. The van der Waals surface area contributed by atoms with Crippen LogP contribution in [-0.4, -0.2) is 73.7 Å². The molecule has 0 atom stereocenters. The van der Waals surface area contributed by atoms with Crippen LogP contribution in [0.5, 0.6) is 0 Å². The van der Waals surface area contributed by atoms with Crippen LogP contribution in [0.4, 0.5) is 8.78 Å². The highest BCUT2D eigenvalue weighted by Gasteiger charge is 2.35. The molecule has 1 amide bonds. The van der Waals surface area contributed by atoms with Gasteiger partial charge >= 0.3 is 0 Å². The van der Waals surface area contributed by atoms with Gasteiger partial charge in [0.1, 0.15) is 0 Å². The Morgan fingerprint density at radius 2 is 1.50 bits per heavy atom. The van der Waals surface area contributed by atoms with Gasteiger partial charge < -0.3 is 4.90 Å². The van der Waals surface area contributed by atoms with Gasteiger partial charge in [0.05, 0.1) is 4.90 Å². The Kier molecular flexibility index (Phi) is 6.41. The van der Waals surface area contributed by atoms with Crippen LogP contribution in [0, 0.1) is 17.6 Å². The summed E-state index contributed by atoms with van der Waals surface area (Å²) in [5, 5.41) is 0. The van der Waals surface area contributed by atoms with E-state index in [2.05, 4.69) is 4.90 Å². The Morgan fingerprint density at radius 1 is 0.867 bits per heavy atom. The van der Waals surface area contributed by atoms with Crippen molar-refractivity contribution in [2.45, 2.75) is 49.5 Å². The minimum Gasteiger partial charge on any atom is -0.340 e. The van der Waals surface area contributed by atoms with E-state index in [0.29, 0.717) is 24.9 Å². The monoisotopic (exact) mass is 441 g/mol. The van der Waals surface area contributed by atoms with Crippen LogP contribution < -0.4 is 0 Å². The number of carbonyl (C=O) groups is 1. The number of hydrogen-bond acceptors (Lipinski definition) is 4. The largest absolute Gasteiger partial charge is 0.340 e. The van der Waals surface area contributed by atoms with E-state index in [-0.39, 0.29) is 29.8 Å². The van der Waals surface area contributed by atoms with E-state index in [1.54, 1.807) is 0 Å². The minimum absolute atomic E-state index is 0.117. The molecule has 0 spiro atoms. The van der Waals surface area contributed by atoms with Gasteiger partial charge in [-0.05, 0) is 43.9 Å². The number of piperidine rings is 1. The summed E-state index contributed by atoms with van der Waals surface area (Å²) < 4.78 is 53.3. The molecule has 1 aromatic rings. The first-order chi connectivity index (χ1) is 14.4. The van der Waals surface area contributed by atoms with Crippen molar-refractivity contribution in [3.05, 3.63) is 29.8 Å². The van der Waals surface area contributed by atoms with E-state index in [1.165, 1.54) is 30.0 Å². The summed E-state index contributed by atoms with van der Waals surface area (Å²) in [6.07, 6.45) is 6.03. The van der Waals surface area contributed by atoms with Gasteiger partial charge in [-0.25, -0.2) is 17.2 Å². The molecule has 6 nitrogen and oxygen atoms in total. The van der Waals surface area contributed by atoms with Crippen LogP contribution in [0.2, 0.25) is 0 Å². The molecule has 1 aromatic carbocycles. The summed E-state index contributed by atoms with van der Waals surface area (Å²) in [6, 6.07) is 3.29. The molecule has 1 saturated carbocycles. The molecule has 0 aromatic heterocycles. The lowest BCUT2D eigenvalue weighted by Gasteiger charge is -2.40. The van der Waals surface area contributed by atoms with Gasteiger partial charge in [0, 0.05) is 51.2 Å². The number of sulfonamides is 1. The molecular weight excluding hydrogens is 412 g/mol. The summed E-state index contributed by atoms with van der Waals surface area (Å²) in [7, 11) is -3.90. The van der Waals surface area contributed by atoms with E-state index in [0.717, 1.165) is 38.3 Å². The van der Waals surface area contributed by atoms with Gasteiger partial charge in [-0.2, -0.15) is 4.31 Å². The second-order valence-corrected chi connectivity index (χ2v) is 10.5. The minimum atomic E-state index is -3.90. The van der Waals surface area contributed by atoms with Crippen LogP contribution in [-0.2, 0) is 14.8 Å². The Bertz CT molecular complexity index is 873. The van der Waals surface area contributed by atoms with Crippen LogP contribution in [0.25, 0.3) is 0 Å². The van der Waals surface area contributed by atoms with Gasteiger partial charge in [-0.15, -0.1) is 0 Å². The number of nitrogens with zero attached hydrogens (tertiary/aromatic N) is 3. The van der Waals surface area contributed by atoms with E-state index in [4.69, 9.17) is 0 Å². The number of piperazine rings is 1. The Labute approximate surface area is 176 Å². The number of carbonyl (C=O) groups excluding carboxylic acids is 1. The smallest absolute Gasteiger partial charge is 0.243 e. The second-order valence-electron chi connectivity index (χ2n) is 8.55. The van der Waals surface area contributed by atoms with E-state index >= 15 is 0 Å². The molecule has 3 aliphatic rings. The highest BCUT2D eigenvalue weighted by atomic mass is 32.2. The highest BCUT2D eigenvalue weighted by Crippen LogP contribution is 2.28. The maximum Gasteiger partial charge on any atom is 0.243 e. The lowest BCUT2D eigenvalue weighted by atomic mass is 9.96. The average molecular weight is 442 g/mol. The zero-order valence-corrected chi connectivity index (χ0v) is 17.9. The van der Waals surface area contributed by atoms with Crippen molar-refractivity contribution in [2.75, 3.05) is 39.3 Å². The lowest BCUT2D eigenvalue weighted by Crippen LogP contribution is -2.53. The SMILES string of the molecule is O=C(C1CCN(S(=O)(=O)c2ccc(F)c(F)c2)CC1)N1CCN(C2CCCC2)CC1. The van der Waals surface area contributed by atoms with Gasteiger partial charge in [-0.1, -0.05) is 12.8 Å². The molecular formula is C21H29F2N3O3S. The molecule has 3 fully saturated rings. The van der Waals surface area contributed by atoms with Gasteiger partial charge in [-0.3, -0.25) is 9.69 Å². The molecule has 9 heteroatoms. The molecule has 4 rings (SSSR count). The Balaban J connectivity index is 1.30. The zero-order chi connectivity index (χ0) is 21.3. The van der Waals surface area contributed by atoms with Crippen molar-refractivity contribution in [3.8, 4) is 0 Å². The number of hydrogen-bond donors (Lipinski definition) is 0. The molecule has 0 unspecified atom stereocenters. The summed E-state index contributed by atoms with van der Waals surface area (Å²) in [6.45, 7) is 3.73. The molecule has 1 aliphatic carbocycles. The number of rotatable bonds is 4. The predicted octanol–water partition coefficient (Wildman–Crippen LogP) is 2.45. The predicted molar refractivity (Wildman–Crippen MR) is 108 cm³/mol. The first kappa shape index (κ1) is 21.6. The van der Waals surface area contributed by atoms with Crippen LogP contribution in [0.15, 0.2) is 23.1 Å². The van der Waals surface area contributed by atoms with Crippen LogP contribution in [0.3, 0.4) is 0 Å². The molecule has 0 radical (unpaired) electrons. The van der Waals surface area contributed by atoms with Crippen molar-refractivity contribution in [2.24, 2.45) is 5.92 Å². The quantitative estimate of drug-likeness (QED) is 0.720. The first-order valence-corrected chi connectivity index (χ1v) is 12.3. The standard InChI is InChI=1S/C21H29F2N3O3S/c22-19-6-5-18(15-20(19)23)30(28,29)26-9-7-16(8-10-26)21(27)25-13-11-24(12-14-25)17-3-1-2-4-17/h5-6,15-17H,1-4,7-14H2. The lowest BCUT2D eigenvalue weighted by molar-refractivity contribution is -0.138. The summed E-state index contributed by atoms with van der Waals surface area (Å²) >= 11 is 0. The van der Waals surface area contributed by atoms with Gasteiger partial charge in [0.15, 0.2) is 11.6 Å². The van der Waals surface area contributed by atoms with Crippen LogP contribution in [0.1, 0.15) is 38.5 Å². The average Bonchev–Trinajstić information content (AvgIpc) is 3.30. The van der Waals surface area contributed by atoms with Crippen molar-refractivity contribution in [3.63, 3.8) is 0 Å². The van der Waals surface area contributed by atoms with Crippen molar-refractivity contribution < 1.29 is 22.0 Å². The molecule has 2 aliphatic heterocycles. The fourth-order valence-corrected chi connectivity index (χ4v) is 6.45. The second kappa shape index (κ2) is 8.88. The third-order valence-electron chi connectivity index (χ3n) is 6.80.